The van der Waals surface area contributed by atoms with Crippen molar-refractivity contribution in [2.24, 2.45) is 0 Å². The number of hydrogen-bond acceptors (Lipinski definition) is 11. The summed E-state index contributed by atoms with van der Waals surface area (Å²) >= 11 is 0. The minimum absolute atomic E-state index is 0.237. The molecule has 1 fully saturated rings. The van der Waals surface area contributed by atoms with Crippen LogP contribution >= 0.6 is 0 Å². The normalized spacial score (nSPS) is 21.0. The van der Waals surface area contributed by atoms with E-state index in [1.54, 1.807) is 6.08 Å². The van der Waals surface area contributed by atoms with Gasteiger partial charge in [0.25, 0.3) is 0 Å². The summed E-state index contributed by atoms with van der Waals surface area (Å²) in [6, 6.07) is -1.14. The lowest BCUT2D eigenvalue weighted by atomic mass is 9.99. The summed E-state index contributed by atoms with van der Waals surface area (Å²) in [5.74, 6) is -0.714. The molecule has 0 saturated carbocycles. The van der Waals surface area contributed by atoms with Crippen molar-refractivity contribution in [1.29, 1.82) is 0 Å². The van der Waals surface area contributed by atoms with Gasteiger partial charge in [0.05, 0.1) is 25.4 Å². The predicted molar refractivity (Wildman–Crippen MR) is 256 cm³/mol. The fourth-order valence-corrected chi connectivity index (χ4v) is 8.47. The van der Waals surface area contributed by atoms with E-state index in [0.29, 0.717) is 12.8 Å². The number of carbonyl (C=O) groups is 1. The van der Waals surface area contributed by atoms with Gasteiger partial charge in [-0.2, -0.15) is 8.42 Å². The summed E-state index contributed by atoms with van der Waals surface area (Å²) < 4.78 is 47.5. The van der Waals surface area contributed by atoms with Crippen molar-refractivity contribution in [1.82, 2.24) is 5.32 Å². The van der Waals surface area contributed by atoms with Crippen LogP contribution < -0.4 is 5.32 Å². The highest BCUT2D eigenvalue weighted by Gasteiger charge is 2.48. The quantitative estimate of drug-likeness (QED) is 0.0173. The van der Waals surface area contributed by atoms with Gasteiger partial charge in [-0.15, -0.1) is 0 Å². The summed E-state index contributed by atoms with van der Waals surface area (Å²) in [6.07, 6.45) is 36.6. The molecule has 14 heteroatoms. The van der Waals surface area contributed by atoms with Crippen LogP contribution in [-0.2, 0) is 28.9 Å². The minimum atomic E-state index is -5.12. The summed E-state index contributed by atoms with van der Waals surface area (Å²) in [5.41, 5.74) is 0. The van der Waals surface area contributed by atoms with Gasteiger partial charge in [0.2, 0.25) is 5.91 Å². The smallest absolute Gasteiger partial charge is 0.394 e. The largest absolute Gasteiger partial charge is 0.397 e. The van der Waals surface area contributed by atoms with Crippen LogP contribution in [0.15, 0.2) is 36.5 Å². The number of nitrogens with one attached hydrogen (secondary N) is 1. The van der Waals surface area contributed by atoms with Crippen LogP contribution in [0.25, 0.3) is 0 Å². The highest BCUT2D eigenvalue weighted by molar-refractivity contribution is 7.80. The zero-order valence-corrected chi connectivity index (χ0v) is 40.8. The molecule has 0 spiro atoms. The van der Waals surface area contributed by atoms with E-state index >= 15 is 0 Å². The van der Waals surface area contributed by atoms with Crippen LogP contribution in [0.5, 0.6) is 0 Å². The van der Waals surface area contributed by atoms with Crippen molar-refractivity contribution in [3.63, 3.8) is 0 Å². The van der Waals surface area contributed by atoms with E-state index in [-0.39, 0.29) is 6.42 Å². The molecule has 64 heavy (non-hydrogen) atoms. The summed E-state index contributed by atoms with van der Waals surface area (Å²) in [7, 11) is -5.12. The molecular formula is C50H93NO12S. The maximum atomic E-state index is 13.1. The fourth-order valence-electron chi connectivity index (χ4n) is 7.96. The Kier molecular flexibility index (Phi) is 38.0. The number of aliphatic hydroxyl groups excluding tert-OH is 5. The van der Waals surface area contributed by atoms with E-state index in [1.807, 2.05) is 0 Å². The summed E-state index contributed by atoms with van der Waals surface area (Å²) in [5, 5.41) is 55.3. The molecule has 1 saturated heterocycles. The standard InChI is InChI=1S/C50H93NO12S/c1-3-5-7-9-11-13-15-17-19-20-21-22-23-24-25-27-29-31-33-35-37-39-44(54)49(57)51-42(41-61-50-47(56)48(63-64(58,59)60)46(55)45(40-52)62-50)43(53)38-36-34-32-30-28-26-18-16-14-12-10-8-6-4-2/h14,16,28,30,36,38,42-48,50,52-56H,3-13,15,17-27,29,31-35,37,39-41H2,1-2H3,(H,51,57)(H,58,59,60)/b16-14+,30-28+,38-36+. The van der Waals surface area contributed by atoms with E-state index in [4.69, 9.17) is 9.47 Å². The molecule has 0 aliphatic carbocycles. The zero-order valence-electron chi connectivity index (χ0n) is 40.0. The van der Waals surface area contributed by atoms with Crippen molar-refractivity contribution < 1.29 is 57.0 Å². The van der Waals surface area contributed by atoms with E-state index in [2.05, 4.69) is 47.7 Å². The van der Waals surface area contributed by atoms with Crippen molar-refractivity contribution in [2.75, 3.05) is 13.2 Å². The fraction of sp³-hybridized carbons (Fsp3) is 0.860. The summed E-state index contributed by atoms with van der Waals surface area (Å²) in [6.45, 7) is 3.19. The molecule has 1 rings (SSSR count). The first-order valence-electron chi connectivity index (χ1n) is 25.5. The molecule has 0 radical (unpaired) electrons. The number of rotatable bonds is 43. The number of carbonyl (C=O) groups excluding carboxylic acids is 1. The van der Waals surface area contributed by atoms with Crippen molar-refractivity contribution in [3.8, 4) is 0 Å². The monoisotopic (exact) mass is 932 g/mol. The van der Waals surface area contributed by atoms with E-state index in [1.165, 1.54) is 141 Å². The third-order valence-corrected chi connectivity index (χ3v) is 12.5. The second kappa shape index (κ2) is 40.4. The molecule has 8 unspecified atom stereocenters. The van der Waals surface area contributed by atoms with Gasteiger partial charge in [0.1, 0.15) is 30.5 Å². The molecule has 0 aromatic heterocycles. The SMILES string of the molecule is CCCCCC/C=C/CC/C=C/CC/C=C/C(O)C(COC1OC(CO)C(O)C(OS(=O)(=O)O)C1O)NC(=O)C(O)CCCCCCCCCCCCCCCCCCCCCCC. The average molecular weight is 932 g/mol. The van der Waals surface area contributed by atoms with Gasteiger partial charge in [0.15, 0.2) is 6.29 Å². The Hall–Kier alpha value is -1.72. The van der Waals surface area contributed by atoms with E-state index < -0.39 is 78.5 Å². The molecule has 376 valence electrons. The molecule has 13 nitrogen and oxygen atoms in total. The number of hydrogen-bond donors (Lipinski definition) is 7. The second-order valence-electron chi connectivity index (χ2n) is 17.9. The van der Waals surface area contributed by atoms with Crippen molar-refractivity contribution in [3.05, 3.63) is 36.5 Å². The Bertz CT molecular complexity index is 1300. The van der Waals surface area contributed by atoms with Gasteiger partial charge in [-0.25, -0.2) is 4.18 Å². The Morgan fingerprint density at radius 1 is 0.625 bits per heavy atom. The van der Waals surface area contributed by atoms with Crippen LogP contribution in [0.4, 0.5) is 0 Å². The topological polar surface area (TPSA) is 212 Å². The first-order valence-corrected chi connectivity index (χ1v) is 26.8. The van der Waals surface area contributed by atoms with Gasteiger partial charge in [0, 0.05) is 0 Å². The third kappa shape index (κ3) is 32.1. The first-order chi connectivity index (χ1) is 30.9. The van der Waals surface area contributed by atoms with Gasteiger partial charge < -0.3 is 40.3 Å². The lowest BCUT2D eigenvalue weighted by Gasteiger charge is -2.41. The molecule has 8 atom stereocenters. The number of amides is 1. The first kappa shape index (κ1) is 60.3. The molecule has 1 heterocycles. The van der Waals surface area contributed by atoms with Gasteiger partial charge in [-0.05, 0) is 44.9 Å². The summed E-state index contributed by atoms with van der Waals surface area (Å²) in [4.78, 5) is 13.1. The Balaban J connectivity index is 2.50. The van der Waals surface area contributed by atoms with Gasteiger partial charge in [-0.1, -0.05) is 204 Å². The molecule has 7 N–H and O–H groups in total. The van der Waals surface area contributed by atoms with Crippen LogP contribution in [0, 0.1) is 0 Å². The van der Waals surface area contributed by atoms with Crippen molar-refractivity contribution >= 4 is 16.3 Å². The average Bonchev–Trinajstić information content (AvgIpc) is 3.27. The zero-order chi connectivity index (χ0) is 47.1. The van der Waals surface area contributed by atoms with E-state index in [0.717, 1.165) is 44.9 Å². The maximum absolute atomic E-state index is 13.1. The van der Waals surface area contributed by atoms with Crippen LogP contribution in [0.1, 0.15) is 213 Å². The third-order valence-electron chi connectivity index (χ3n) is 12.0. The Labute approximate surface area is 388 Å². The highest BCUT2D eigenvalue weighted by Crippen LogP contribution is 2.26. The molecule has 0 aromatic carbocycles. The molecule has 1 amide bonds. The Morgan fingerprint density at radius 3 is 1.50 bits per heavy atom. The van der Waals surface area contributed by atoms with Crippen LogP contribution in [0.2, 0.25) is 0 Å². The number of aliphatic hydroxyl groups is 5. The molecular weight excluding hydrogens is 839 g/mol. The van der Waals surface area contributed by atoms with E-state index in [9.17, 15) is 43.3 Å². The van der Waals surface area contributed by atoms with Crippen LogP contribution in [0.3, 0.4) is 0 Å². The second-order valence-corrected chi connectivity index (χ2v) is 18.9. The maximum Gasteiger partial charge on any atom is 0.397 e. The number of allylic oxidation sites excluding steroid dienone is 5. The van der Waals surface area contributed by atoms with Crippen LogP contribution in [-0.4, -0.2) is 107 Å². The van der Waals surface area contributed by atoms with Gasteiger partial charge >= 0.3 is 10.4 Å². The number of ether oxygens (including phenoxy) is 2. The lowest BCUT2D eigenvalue weighted by molar-refractivity contribution is -0.298. The minimum Gasteiger partial charge on any atom is -0.394 e. The molecule has 1 aliphatic heterocycles. The molecule has 0 aromatic rings. The molecule has 0 bridgehead atoms. The van der Waals surface area contributed by atoms with Gasteiger partial charge in [-0.3, -0.25) is 9.35 Å². The Morgan fingerprint density at radius 2 is 1.05 bits per heavy atom. The highest BCUT2D eigenvalue weighted by atomic mass is 32.3. The predicted octanol–water partition coefficient (Wildman–Crippen LogP) is 9.64. The van der Waals surface area contributed by atoms with Crippen molar-refractivity contribution in [2.45, 2.75) is 262 Å². The molecule has 1 aliphatic rings. The number of unbranched alkanes of at least 4 members (excludes halogenated alkanes) is 26. The lowest BCUT2D eigenvalue weighted by Crippen LogP contribution is -2.61.